The van der Waals surface area contributed by atoms with Crippen LogP contribution in [0.4, 0.5) is 11.8 Å². The van der Waals surface area contributed by atoms with E-state index in [1.807, 2.05) is 23.6 Å². The number of piperazine rings is 1. The largest absolute Gasteiger partial charge is 0.369 e. The lowest BCUT2D eigenvalue weighted by Crippen LogP contribution is -2.48. The Morgan fingerprint density at radius 1 is 1.06 bits per heavy atom. The molecule has 0 bridgehead atoms. The number of carbonyl (C=O) groups is 2. The van der Waals surface area contributed by atoms with Crippen LogP contribution < -0.4 is 10.2 Å². The number of carbonyl (C=O) groups excluding carboxylic acids is 2. The van der Waals surface area contributed by atoms with Gasteiger partial charge in [0.1, 0.15) is 11.5 Å². The second kappa shape index (κ2) is 9.84. The van der Waals surface area contributed by atoms with Crippen LogP contribution in [0.25, 0.3) is 0 Å². The first-order valence-corrected chi connectivity index (χ1v) is 13.0. The molecule has 3 heterocycles. The Bertz CT molecular complexity index is 1120. The first-order valence-electron chi connectivity index (χ1n) is 13.0. The van der Waals surface area contributed by atoms with Gasteiger partial charge in [0.05, 0.1) is 6.54 Å². The molecule has 2 aromatic rings. The maximum absolute atomic E-state index is 13.1. The lowest BCUT2D eigenvalue weighted by atomic mass is 9.90. The number of anilines is 2. The van der Waals surface area contributed by atoms with Crippen molar-refractivity contribution in [1.29, 1.82) is 0 Å². The zero-order valence-corrected chi connectivity index (χ0v) is 21.1. The number of hydrogen-bond acceptors (Lipinski definition) is 6. The summed E-state index contributed by atoms with van der Waals surface area (Å²) in [4.78, 5) is 40.2. The molecule has 35 heavy (non-hydrogen) atoms. The van der Waals surface area contributed by atoms with Gasteiger partial charge in [0, 0.05) is 51.3 Å². The van der Waals surface area contributed by atoms with Gasteiger partial charge in [-0.15, -0.1) is 0 Å². The van der Waals surface area contributed by atoms with Crippen LogP contribution in [0, 0.1) is 0 Å². The van der Waals surface area contributed by atoms with Crippen LogP contribution in [0.5, 0.6) is 0 Å². The number of nitrogens with zero attached hydrogens (tertiary/aromatic N) is 5. The number of hydrogen-bond donors (Lipinski definition) is 1. The zero-order chi connectivity index (χ0) is 24.5. The Hall–Kier alpha value is -3.16. The Morgan fingerprint density at radius 3 is 2.51 bits per heavy atom. The molecule has 8 nitrogen and oxygen atoms in total. The molecule has 0 saturated carbocycles. The van der Waals surface area contributed by atoms with Crippen molar-refractivity contribution in [2.75, 3.05) is 42.9 Å². The first kappa shape index (κ1) is 23.6. The second-order valence-electron chi connectivity index (χ2n) is 10.2. The van der Waals surface area contributed by atoms with Gasteiger partial charge in [0.15, 0.2) is 0 Å². The van der Waals surface area contributed by atoms with Crippen molar-refractivity contribution in [2.45, 2.75) is 65.5 Å². The van der Waals surface area contributed by atoms with Gasteiger partial charge < -0.3 is 20.0 Å². The summed E-state index contributed by atoms with van der Waals surface area (Å²) in [5.74, 6) is 1.39. The van der Waals surface area contributed by atoms with Gasteiger partial charge in [-0.1, -0.05) is 18.2 Å². The molecule has 5 rings (SSSR count). The fourth-order valence-electron chi connectivity index (χ4n) is 5.37. The fourth-order valence-corrected chi connectivity index (χ4v) is 5.37. The lowest BCUT2D eigenvalue weighted by Gasteiger charge is -2.34. The van der Waals surface area contributed by atoms with E-state index in [0.717, 1.165) is 24.3 Å². The molecule has 1 aromatic carbocycles. The minimum absolute atomic E-state index is 0.0289. The number of aryl methyl sites for hydroxylation is 2. The predicted octanol–water partition coefficient (Wildman–Crippen LogP) is 3.04. The summed E-state index contributed by atoms with van der Waals surface area (Å²) in [6, 6.07) is 7.01. The molecule has 3 aliphatic rings. The number of benzene rings is 1. The quantitative estimate of drug-likeness (QED) is 0.690. The SMILES string of the molecule is CC(=O)N1CCN(c2nc(NCCc3ccc4c(c3)CCCC4)c3c(n2)C(=O)N(C(C)C)C3)CC1. The molecule has 0 atom stereocenters. The lowest BCUT2D eigenvalue weighted by molar-refractivity contribution is -0.129. The van der Waals surface area contributed by atoms with Crippen molar-refractivity contribution in [3.05, 3.63) is 46.1 Å². The van der Waals surface area contributed by atoms with Crippen molar-refractivity contribution >= 4 is 23.6 Å². The highest BCUT2D eigenvalue weighted by molar-refractivity contribution is 5.98. The van der Waals surface area contributed by atoms with Gasteiger partial charge in [-0.3, -0.25) is 9.59 Å². The summed E-state index contributed by atoms with van der Waals surface area (Å²) in [6.45, 7) is 9.55. The maximum Gasteiger partial charge on any atom is 0.273 e. The number of rotatable bonds is 6. The van der Waals surface area contributed by atoms with E-state index in [1.54, 1.807) is 6.92 Å². The smallest absolute Gasteiger partial charge is 0.273 e. The maximum atomic E-state index is 13.1. The number of nitrogens with one attached hydrogen (secondary N) is 1. The third-order valence-electron chi connectivity index (χ3n) is 7.54. The average molecular weight is 477 g/mol. The zero-order valence-electron chi connectivity index (χ0n) is 21.1. The van der Waals surface area contributed by atoms with Crippen LogP contribution in [0.15, 0.2) is 18.2 Å². The molecular weight excluding hydrogens is 440 g/mol. The van der Waals surface area contributed by atoms with Crippen LogP contribution in [-0.4, -0.2) is 70.3 Å². The summed E-state index contributed by atoms with van der Waals surface area (Å²) in [6.07, 6.45) is 5.87. The second-order valence-corrected chi connectivity index (χ2v) is 10.2. The number of aromatic nitrogens is 2. The Morgan fingerprint density at radius 2 is 1.80 bits per heavy atom. The molecule has 2 amide bonds. The van der Waals surface area contributed by atoms with E-state index in [9.17, 15) is 9.59 Å². The van der Waals surface area contributed by atoms with Crippen LogP contribution in [0.3, 0.4) is 0 Å². The van der Waals surface area contributed by atoms with Gasteiger partial charge in [0.25, 0.3) is 5.91 Å². The predicted molar refractivity (Wildman–Crippen MR) is 137 cm³/mol. The summed E-state index contributed by atoms with van der Waals surface area (Å²) in [7, 11) is 0. The van der Waals surface area contributed by atoms with Gasteiger partial charge in [-0.2, -0.15) is 4.98 Å². The summed E-state index contributed by atoms with van der Waals surface area (Å²) >= 11 is 0. The van der Waals surface area contributed by atoms with E-state index in [1.165, 1.54) is 42.4 Å². The minimum atomic E-state index is -0.0289. The van der Waals surface area contributed by atoms with Crippen molar-refractivity contribution < 1.29 is 9.59 Å². The summed E-state index contributed by atoms with van der Waals surface area (Å²) in [5, 5.41) is 3.54. The van der Waals surface area contributed by atoms with Crippen molar-refractivity contribution in [3.8, 4) is 0 Å². The molecular formula is C27H36N6O2. The minimum Gasteiger partial charge on any atom is -0.369 e. The molecule has 1 N–H and O–H groups in total. The first-order chi connectivity index (χ1) is 16.9. The van der Waals surface area contributed by atoms with E-state index >= 15 is 0 Å². The van der Waals surface area contributed by atoms with E-state index in [2.05, 4.69) is 28.4 Å². The standard InChI is InChI=1S/C27H36N6O2/c1-18(2)33-17-23-24(26(33)35)29-27(32-14-12-31(13-15-32)19(3)34)30-25(23)28-11-10-20-8-9-21-6-4-5-7-22(21)16-20/h8-9,16,18H,4-7,10-15,17H2,1-3H3,(H,28,29,30). The van der Waals surface area contributed by atoms with E-state index < -0.39 is 0 Å². The third-order valence-corrected chi connectivity index (χ3v) is 7.54. The van der Waals surface area contributed by atoms with Crippen LogP contribution >= 0.6 is 0 Å². The van der Waals surface area contributed by atoms with Crippen LogP contribution in [0.2, 0.25) is 0 Å². The molecule has 0 radical (unpaired) electrons. The van der Waals surface area contributed by atoms with Crippen molar-refractivity contribution in [2.24, 2.45) is 0 Å². The normalized spacial score (nSPS) is 17.6. The number of amides is 2. The highest BCUT2D eigenvalue weighted by atomic mass is 16.2. The third kappa shape index (κ3) is 4.83. The van der Waals surface area contributed by atoms with Gasteiger partial charge in [-0.25, -0.2) is 4.98 Å². The molecule has 0 unspecified atom stereocenters. The van der Waals surface area contributed by atoms with Crippen LogP contribution in [0.1, 0.15) is 66.4 Å². The molecule has 2 aliphatic heterocycles. The average Bonchev–Trinajstić information content (AvgIpc) is 3.21. The van der Waals surface area contributed by atoms with Crippen LogP contribution in [-0.2, 0) is 30.6 Å². The molecule has 186 valence electrons. The molecule has 0 spiro atoms. The highest BCUT2D eigenvalue weighted by Gasteiger charge is 2.35. The fraction of sp³-hybridized carbons (Fsp3) is 0.556. The Labute approximate surface area is 207 Å². The molecule has 1 aliphatic carbocycles. The Balaban J connectivity index is 1.35. The Kier molecular flexibility index (Phi) is 6.62. The molecule has 8 heteroatoms. The van der Waals surface area contributed by atoms with E-state index in [-0.39, 0.29) is 17.9 Å². The monoisotopic (exact) mass is 476 g/mol. The number of fused-ring (bicyclic) bond motifs is 2. The van der Waals surface area contributed by atoms with Gasteiger partial charge in [-0.05, 0) is 62.6 Å². The van der Waals surface area contributed by atoms with Gasteiger partial charge >= 0.3 is 0 Å². The van der Waals surface area contributed by atoms with E-state index in [0.29, 0.717) is 44.4 Å². The van der Waals surface area contributed by atoms with Crippen molar-refractivity contribution in [1.82, 2.24) is 19.8 Å². The highest BCUT2D eigenvalue weighted by Crippen LogP contribution is 2.31. The molecule has 1 saturated heterocycles. The van der Waals surface area contributed by atoms with E-state index in [4.69, 9.17) is 9.97 Å². The molecule has 1 aromatic heterocycles. The van der Waals surface area contributed by atoms with Crippen molar-refractivity contribution in [3.63, 3.8) is 0 Å². The topological polar surface area (TPSA) is 81.7 Å². The summed E-state index contributed by atoms with van der Waals surface area (Å²) in [5.41, 5.74) is 5.74. The molecule has 1 fully saturated rings. The summed E-state index contributed by atoms with van der Waals surface area (Å²) < 4.78 is 0. The van der Waals surface area contributed by atoms with Gasteiger partial charge in [0.2, 0.25) is 11.9 Å².